The molecule has 3 nitrogen and oxygen atoms in total. The van der Waals surface area contributed by atoms with Crippen molar-refractivity contribution in [1.82, 2.24) is 10.2 Å². The highest BCUT2D eigenvalue weighted by atomic mass is 127. The van der Waals surface area contributed by atoms with E-state index >= 15 is 0 Å². The lowest BCUT2D eigenvalue weighted by Gasteiger charge is -2.20. The van der Waals surface area contributed by atoms with Crippen LogP contribution in [0.2, 0.25) is 0 Å². The van der Waals surface area contributed by atoms with Crippen LogP contribution in [-0.2, 0) is 6.42 Å². The van der Waals surface area contributed by atoms with Crippen LogP contribution in [0.15, 0.2) is 22.5 Å². The first-order valence-electron chi connectivity index (χ1n) is 5.88. The summed E-state index contributed by atoms with van der Waals surface area (Å²) in [6.07, 6.45) is 3.68. The van der Waals surface area contributed by atoms with Crippen LogP contribution in [0.25, 0.3) is 0 Å². The van der Waals surface area contributed by atoms with E-state index in [0.717, 1.165) is 32.0 Å². The number of rotatable bonds is 3. The Hall–Kier alpha value is -0.300. The number of likely N-dealkylation sites (tertiary alicyclic amines) is 1. The lowest BCUT2D eigenvalue weighted by Crippen LogP contribution is -2.40. The summed E-state index contributed by atoms with van der Waals surface area (Å²) in [5.74, 6) is 1.06. The summed E-state index contributed by atoms with van der Waals surface area (Å²) in [6, 6.07) is 4.29. The Morgan fingerprint density at radius 3 is 2.82 bits per heavy atom. The first-order chi connectivity index (χ1) is 7.90. The van der Waals surface area contributed by atoms with Gasteiger partial charge in [-0.05, 0) is 30.7 Å². The predicted molar refractivity (Wildman–Crippen MR) is 85.6 cm³/mol. The number of guanidine groups is 1. The van der Waals surface area contributed by atoms with Crippen LogP contribution in [-0.4, -0.2) is 37.5 Å². The summed E-state index contributed by atoms with van der Waals surface area (Å²) in [7, 11) is 1.87. The van der Waals surface area contributed by atoms with Crippen LogP contribution in [0.3, 0.4) is 0 Å². The predicted octanol–water partition coefficient (Wildman–Crippen LogP) is 2.58. The van der Waals surface area contributed by atoms with E-state index in [-0.39, 0.29) is 24.0 Å². The Morgan fingerprint density at radius 1 is 1.47 bits per heavy atom. The summed E-state index contributed by atoms with van der Waals surface area (Å²) in [6.45, 7) is 3.28. The summed E-state index contributed by atoms with van der Waals surface area (Å²) in [5, 5.41) is 5.56. The van der Waals surface area contributed by atoms with E-state index in [1.165, 1.54) is 17.7 Å². The van der Waals surface area contributed by atoms with Crippen molar-refractivity contribution >= 4 is 41.3 Å². The Morgan fingerprint density at radius 2 is 2.24 bits per heavy atom. The molecular formula is C12H20IN3S. The number of aliphatic imine (C=N–C) groups is 1. The second-order valence-corrected chi connectivity index (χ2v) is 5.03. The molecule has 0 spiro atoms. The molecule has 0 amide bonds. The summed E-state index contributed by atoms with van der Waals surface area (Å²) >= 11 is 1.82. The zero-order valence-electron chi connectivity index (χ0n) is 10.2. The van der Waals surface area contributed by atoms with Crippen LogP contribution in [0.5, 0.6) is 0 Å². The van der Waals surface area contributed by atoms with E-state index in [9.17, 15) is 0 Å². The molecule has 1 N–H and O–H groups in total. The van der Waals surface area contributed by atoms with Crippen molar-refractivity contribution in [3.05, 3.63) is 22.4 Å². The number of halogens is 1. The molecule has 5 heteroatoms. The standard InChI is InChI=1S/C12H19N3S.HI/c1-13-12(15-8-2-3-9-15)14-7-6-11-5-4-10-16-11;/h4-5,10H,2-3,6-9H2,1H3,(H,13,14);1H. The largest absolute Gasteiger partial charge is 0.356 e. The molecule has 1 fully saturated rings. The van der Waals surface area contributed by atoms with Crippen molar-refractivity contribution in [1.29, 1.82) is 0 Å². The van der Waals surface area contributed by atoms with Gasteiger partial charge in [-0.1, -0.05) is 6.07 Å². The zero-order chi connectivity index (χ0) is 11.2. The fourth-order valence-electron chi connectivity index (χ4n) is 2.01. The minimum Gasteiger partial charge on any atom is -0.356 e. The molecule has 0 aliphatic carbocycles. The third-order valence-corrected chi connectivity index (χ3v) is 3.79. The molecule has 1 aliphatic heterocycles. The number of hydrogen-bond acceptors (Lipinski definition) is 2. The fourth-order valence-corrected chi connectivity index (χ4v) is 2.72. The second-order valence-electron chi connectivity index (χ2n) is 4.00. The van der Waals surface area contributed by atoms with Gasteiger partial charge in [-0.25, -0.2) is 0 Å². The molecule has 0 saturated carbocycles. The van der Waals surface area contributed by atoms with Gasteiger partial charge in [-0.15, -0.1) is 35.3 Å². The van der Waals surface area contributed by atoms with Crippen molar-refractivity contribution in [3.8, 4) is 0 Å². The highest BCUT2D eigenvalue weighted by Crippen LogP contribution is 2.09. The molecule has 1 aliphatic rings. The van der Waals surface area contributed by atoms with E-state index in [2.05, 4.69) is 32.7 Å². The molecule has 2 rings (SSSR count). The number of nitrogens with zero attached hydrogens (tertiary/aromatic N) is 2. The molecule has 0 radical (unpaired) electrons. The summed E-state index contributed by atoms with van der Waals surface area (Å²) in [4.78, 5) is 8.10. The van der Waals surface area contributed by atoms with E-state index < -0.39 is 0 Å². The maximum atomic E-state index is 4.32. The molecule has 96 valence electrons. The van der Waals surface area contributed by atoms with Crippen molar-refractivity contribution in [2.45, 2.75) is 19.3 Å². The highest BCUT2D eigenvalue weighted by molar-refractivity contribution is 14.0. The minimum absolute atomic E-state index is 0. The topological polar surface area (TPSA) is 27.6 Å². The molecule has 17 heavy (non-hydrogen) atoms. The summed E-state index contributed by atoms with van der Waals surface area (Å²) < 4.78 is 0. The van der Waals surface area contributed by atoms with Gasteiger partial charge in [0.25, 0.3) is 0 Å². The van der Waals surface area contributed by atoms with Gasteiger partial charge in [0.15, 0.2) is 5.96 Å². The van der Waals surface area contributed by atoms with E-state index in [1.54, 1.807) is 0 Å². The van der Waals surface area contributed by atoms with Crippen LogP contribution in [0.1, 0.15) is 17.7 Å². The molecule has 2 heterocycles. The van der Waals surface area contributed by atoms with Crippen molar-refractivity contribution in [3.63, 3.8) is 0 Å². The fraction of sp³-hybridized carbons (Fsp3) is 0.583. The summed E-state index contributed by atoms with van der Waals surface area (Å²) in [5.41, 5.74) is 0. The second kappa shape index (κ2) is 7.92. The maximum Gasteiger partial charge on any atom is 0.193 e. The first kappa shape index (κ1) is 14.8. The van der Waals surface area contributed by atoms with E-state index in [4.69, 9.17) is 0 Å². The molecule has 1 aromatic rings. The Kier molecular flexibility index (Phi) is 6.87. The van der Waals surface area contributed by atoms with E-state index in [1.807, 2.05) is 18.4 Å². The highest BCUT2D eigenvalue weighted by Gasteiger charge is 2.14. The van der Waals surface area contributed by atoms with Gasteiger partial charge < -0.3 is 10.2 Å². The maximum absolute atomic E-state index is 4.32. The molecule has 0 aromatic carbocycles. The Balaban J connectivity index is 0.00000144. The average Bonchev–Trinajstić information content (AvgIpc) is 2.96. The van der Waals surface area contributed by atoms with Crippen molar-refractivity contribution in [2.24, 2.45) is 4.99 Å². The average molecular weight is 365 g/mol. The number of hydrogen-bond donors (Lipinski definition) is 1. The molecular weight excluding hydrogens is 345 g/mol. The quantitative estimate of drug-likeness (QED) is 0.507. The third kappa shape index (κ3) is 4.46. The van der Waals surface area contributed by atoms with Gasteiger partial charge in [0.2, 0.25) is 0 Å². The normalized spacial score (nSPS) is 15.8. The van der Waals surface area contributed by atoms with Crippen LogP contribution >= 0.6 is 35.3 Å². The zero-order valence-corrected chi connectivity index (χ0v) is 13.3. The third-order valence-electron chi connectivity index (χ3n) is 2.85. The lowest BCUT2D eigenvalue weighted by molar-refractivity contribution is 0.494. The van der Waals surface area contributed by atoms with Gasteiger partial charge in [-0.2, -0.15) is 0 Å². The molecule has 1 saturated heterocycles. The first-order valence-corrected chi connectivity index (χ1v) is 6.76. The smallest absolute Gasteiger partial charge is 0.193 e. The molecule has 0 bridgehead atoms. The SMILES string of the molecule is CN=C(NCCc1cccs1)N1CCCC1.I. The van der Waals surface area contributed by atoms with Gasteiger partial charge >= 0.3 is 0 Å². The van der Waals surface area contributed by atoms with Crippen molar-refractivity contribution in [2.75, 3.05) is 26.7 Å². The lowest BCUT2D eigenvalue weighted by atomic mass is 10.3. The van der Waals surface area contributed by atoms with Crippen molar-refractivity contribution < 1.29 is 0 Å². The number of nitrogens with one attached hydrogen (secondary N) is 1. The Bertz CT molecular complexity index is 332. The van der Waals surface area contributed by atoms with Crippen LogP contribution in [0.4, 0.5) is 0 Å². The van der Waals surface area contributed by atoms with Gasteiger partial charge in [0, 0.05) is 31.6 Å². The molecule has 0 unspecified atom stereocenters. The monoisotopic (exact) mass is 365 g/mol. The van der Waals surface area contributed by atoms with Crippen LogP contribution in [0, 0.1) is 0 Å². The number of thiophene rings is 1. The van der Waals surface area contributed by atoms with Gasteiger partial charge in [-0.3, -0.25) is 4.99 Å². The minimum atomic E-state index is 0. The van der Waals surface area contributed by atoms with Gasteiger partial charge in [0.05, 0.1) is 0 Å². The van der Waals surface area contributed by atoms with Gasteiger partial charge in [0.1, 0.15) is 0 Å². The molecule has 1 aromatic heterocycles. The molecule has 0 atom stereocenters. The van der Waals surface area contributed by atoms with E-state index in [0.29, 0.717) is 0 Å². The van der Waals surface area contributed by atoms with Crippen LogP contribution < -0.4 is 5.32 Å². The Labute approximate surface area is 124 Å².